The summed E-state index contributed by atoms with van der Waals surface area (Å²) in [6, 6.07) is 0.517. The molecule has 5 N–H and O–H groups in total. The highest BCUT2D eigenvalue weighted by Crippen LogP contribution is 2.34. The van der Waals surface area contributed by atoms with Gasteiger partial charge in [-0.3, -0.25) is 4.99 Å². The summed E-state index contributed by atoms with van der Waals surface area (Å²) in [6.45, 7) is 1.09. The molecule has 0 radical (unpaired) electrons. The van der Waals surface area contributed by atoms with Gasteiger partial charge >= 0.3 is 0 Å². The van der Waals surface area contributed by atoms with Crippen molar-refractivity contribution in [3.05, 3.63) is 11.5 Å². The minimum Gasteiger partial charge on any atom is -0.396 e. The van der Waals surface area contributed by atoms with Gasteiger partial charge in [0.15, 0.2) is 0 Å². The van der Waals surface area contributed by atoms with Gasteiger partial charge in [0.1, 0.15) is 12.0 Å². The third kappa shape index (κ3) is 1.37. The minimum absolute atomic E-state index is 0.269. The van der Waals surface area contributed by atoms with E-state index in [0.29, 0.717) is 18.6 Å². The van der Waals surface area contributed by atoms with Crippen LogP contribution in [0, 0.1) is 5.92 Å². The number of nitrogens with one attached hydrogen (secondary N) is 2. The van der Waals surface area contributed by atoms with Gasteiger partial charge in [0, 0.05) is 12.6 Å². The summed E-state index contributed by atoms with van der Waals surface area (Å²) in [4.78, 5) is 6.38. The molecule has 1 saturated carbocycles. The van der Waals surface area contributed by atoms with Crippen molar-refractivity contribution in [2.75, 3.05) is 13.3 Å². The highest BCUT2D eigenvalue weighted by atomic mass is 16.3. The first-order valence-electron chi connectivity index (χ1n) is 5.69. The van der Waals surface area contributed by atoms with Crippen molar-refractivity contribution in [1.29, 1.82) is 0 Å². The van der Waals surface area contributed by atoms with Crippen molar-refractivity contribution in [2.24, 2.45) is 16.6 Å². The number of aliphatic imine (C=N–C) groups is 1. The Hall–Kier alpha value is -1.27. The first-order chi connectivity index (χ1) is 7.79. The highest BCUT2D eigenvalue weighted by molar-refractivity contribution is 5.61. The van der Waals surface area contributed by atoms with Crippen LogP contribution in [0.1, 0.15) is 12.8 Å². The summed E-state index contributed by atoms with van der Waals surface area (Å²) < 4.78 is 0. The molecule has 0 aromatic heterocycles. The van der Waals surface area contributed by atoms with Gasteiger partial charge in [-0.05, 0) is 18.8 Å². The Labute approximate surface area is 94.2 Å². The molecule has 1 unspecified atom stereocenters. The average Bonchev–Trinajstić information content (AvgIpc) is 2.62. The topological polar surface area (TPSA) is 85.9 Å². The number of aliphatic hydroxyl groups excluding tert-OH is 1. The molecule has 6 nitrogen and oxygen atoms in total. The Morgan fingerprint density at radius 1 is 1.56 bits per heavy atom. The van der Waals surface area contributed by atoms with Crippen molar-refractivity contribution in [3.63, 3.8) is 0 Å². The van der Waals surface area contributed by atoms with Crippen LogP contribution < -0.4 is 16.4 Å². The zero-order chi connectivity index (χ0) is 11.1. The first kappa shape index (κ1) is 9.92. The Morgan fingerprint density at radius 3 is 3.12 bits per heavy atom. The highest BCUT2D eigenvalue weighted by Gasteiger charge is 2.38. The van der Waals surface area contributed by atoms with Crippen molar-refractivity contribution < 1.29 is 5.11 Å². The lowest BCUT2D eigenvalue weighted by Crippen LogP contribution is -2.47. The second-order valence-electron chi connectivity index (χ2n) is 4.61. The predicted molar refractivity (Wildman–Crippen MR) is 60.1 cm³/mol. The molecule has 1 fully saturated rings. The first-order valence-corrected chi connectivity index (χ1v) is 5.69. The fraction of sp³-hybridized carbons (Fsp3) is 0.700. The van der Waals surface area contributed by atoms with Crippen molar-refractivity contribution in [3.8, 4) is 0 Å². The lowest BCUT2D eigenvalue weighted by molar-refractivity contribution is 0.0664. The second-order valence-corrected chi connectivity index (χ2v) is 4.61. The Morgan fingerprint density at radius 2 is 2.38 bits per heavy atom. The van der Waals surface area contributed by atoms with Gasteiger partial charge in [0.25, 0.3) is 0 Å². The smallest absolute Gasteiger partial charge is 0.143 e. The maximum atomic E-state index is 9.02. The quantitative estimate of drug-likeness (QED) is 0.468. The molecule has 0 aromatic rings. The molecule has 6 heteroatoms. The van der Waals surface area contributed by atoms with E-state index in [-0.39, 0.29) is 6.17 Å². The molecule has 2 aliphatic heterocycles. The van der Waals surface area contributed by atoms with Crippen LogP contribution in [-0.4, -0.2) is 41.8 Å². The van der Waals surface area contributed by atoms with Gasteiger partial charge in [0.05, 0.1) is 18.7 Å². The molecule has 16 heavy (non-hydrogen) atoms. The van der Waals surface area contributed by atoms with E-state index in [9.17, 15) is 0 Å². The van der Waals surface area contributed by atoms with E-state index in [1.54, 1.807) is 6.34 Å². The zero-order valence-corrected chi connectivity index (χ0v) is 9.06. The number of hydrogen-bond acceptors (Lipinski definition) is 6. The van der Waals surface area contributed by atoms with E-state index in [1.165, 1.54) is 0 Å². The van der Waals surface area contributed by atoms with Crippen LogP contribution in [0.25, 0.3) is 0 Å². The molecule has 1 atom stereocenters. The summed E-state index contributed by atoms with van der Waals surface area (Å²) >= 11 is 0. The van der Waals surface area contributed by atoms with Crippen LogP contribution in [0.2, 0.25) is 0 Å². The Kier molecular flexibility index (Phi) is 2.26. The van der Waals surface area contributed by atoms with Crippen molar-refractivity contribution in [1.82, 2.24) is 15.5 Å². The van der Waals surface area contributed by atoms with E-state index in [2.05, 4.69) is 20.5 Å². The number of nitrogens with two attached hydrogens (primary N) is 1. The van der Waals surface area contributed by atoms with E-state index < -0.39 is 0 Å². The summed E-state index contributed by atoms with van der Waals surface area (Å²) in [5, 5.41) is 15.5. The third-order valence-corrected chi connectivity index (χ3v) is 3.62. The SMILES string of the molecule is NC1N=CNC2=C1NCN2C1CC(CO)C1. The van der Waals surface area contributed by atoms with Crippen molar-refractivity contribution in [2.45, 2.75) is 25.0 Å². The Bertz CT molecular complexity index is 347. The maximum Gasteiger partial charge on any atom is 0.143 e. The average molecular weight is 223 g/mol. The molecule has 0 amide bonds. The standard InChI is InChI=1S/C10H17N5O/c11-9-8-10(13-4-12-9)15(5-14-8)7-1-6(2-7)3-16/h4,6-7,9,14,16H,1-3,5,11H2,(H,12,13). The molecular formula is C10H17N5O. The molecule has 88 valence electrons. The van der Waals surface area contributed by atoms with Gasteiger partial charge in [-0.15, -0.1) is 0 Å². The van der Waals surface area contributed by atoms with Gasteiger partial charge in [-0.25, -0.2) is 0 Å². The van der Waals surface area contributed by atoms with Gasteiger partial charge in [-0.2, -0.15) is 0 Å². The predicted octanol–water partition coefficient (Wildman–Crippen LogP) is -1.29. The fourth-order valence-electron chi connectivity index (χ4n) is 2.56. The van der Waals surface area contributed by atoms with Gasteiger partial charge in [0.2, 0.25) is 0 Å². The van der Waals surface area contributed by atoms with Crippen LogP contribution in [-0.2, 0) is 0 Å². The monoisotopic (exact) mass is 223 g/mol. The molecule has 0 spiro atoms. The number of nitrogens with zero attached hydrogens (tertiary/aromatic N) is 2. The molecule has 1 aliphatic carbocycles. The van der Waals surface area contributed by atoms with E-state index in [4.69, 9.17) is 10.8 Å². The van der Waals surface area contributed by atoms with Crippen LogP contribution in [0.15, 0.2) is 16.5 Å². The van der Waals surface area contributed by atoms with Crippen LogP contribution >= 0.6 is 0 Å². The van der Waals surface area contributed by atoms with E-state index >= 15 is 0 Å². The molecule has 3 aliphatic rings. The summed E-state index contributed by atoms with van der Waals surface area (Å²) in [5.74, 6) is 1.53. The fourth-order valence-corrected chi connectivity index (χ4v) is 2.56. The molecule has 3 rings (SSSR count). The largest absolute Gasteiger partial charge is 0.396 e. The van der Waals surface area contributed by atoms with Gasteiger partial charge < -0.3 is 26.4 Å². The van der Waals surface area contributed by atoms with Crippen molar-refractivity contribution >= 4 is 6.34 Å². The van der Waals surface area contributed by atoms with Gasteiger partial charge in [-0.1, -0.05) is 0 Å². The summed E-state index contributed by atoms with van der Waals surface area (Å²) in [6.07, 6.45) is 3.51. The number of rotatable bonds is 2. The molecule has 0 bridgehead atoms. The normalized spacial score (nSPS) is 36.6. The minimum atomic E-state index is -0.269. The second kappa shape index (κ2) is 3.64. The molecule has 0 aromatic carbocycles. The number of hydrogen-bond donors (Lipinski definition) is 4. The van der Waals surface area contributed by atoms with E-state index in [0.717, 1.165) is 31.0 Å². The molecule has 0 saturated heterocycles. The zero-order valence-electron chi connectivity index (χ0n) is 9.06. The van der Waals surface area contributed by atoms with Crippen LogP contribution in [0.3, 0.4) is 0 Å². The molecule has 2 heterocycles. The maximum absolute atomic E-state index is 9.02. The Balaban J connectivity index is 1.70. The van der Waals surface area contributed by atoms with Crippen LogP contribution in [0.5, 0.6) is 0 Å². The number of aliphatic hydroxyl groups is 1. The lowest BCUT2D eigenvalue weighted by Gasteiger charge is -2.42. The van der Waals surface area contributed by atoms with E-state index in [1.807, 2.05) is 0 Å². The molecular weight excluding hydrogens is 206 g/mol. The van der Waals surface area contributed by atoms with Crippen LogP contribution in [0.4, 0.5) is 0 Å². The summed E-state index contributed by atoms with van der Waals surface area (Å²) in [7, 11) is 0. The summed E-state index contributed by atoms with van der Waals surface area (Å²) in [5.41, 5.74) is 6.85. The lowest BCUT2D eigenvalue weighted by atomic mass is 9.80. The third-order valence-electron chi connectivity index (χ3n) is 3.62.